The van der Waals surface area contributed by atoms with Crippen molar-refractivity contribution in [3.63, 3.8) is 0 Å². The molecule has 2 amide bonds. The van der Waals surface area contributed by atoms with Crippen LogP contribution in [0.1, 0.15) is 44.9 Å². The lowest BCUT2D eigenvalue weighted by Gasteiger charge is -2.06. The first-order valence-corrected chi connectivity index (χ1v) is 9.59. The van der Waals surface area contributed by atoms with Crippen molar-refractivity contribution in [3.8, 4) is 12.1 Å². The summed E-state index contributed by atoms with van der Waals surface area (Å²) in [7, 11) is 0. The Morgan fingerprint density at radius 2 is 2.00 bits per heavy atom. The molecule has 3 rings (SSSR count). The summed E-state index contributed by atoms with van der Waals surface area (Å²) in [6.45, 7) is 5.24. The van der Waals surface area contributed by atoms with E-state index in [0.29, 0.717) is 65.4 Å². The van der Waals surface area contributed by atoms with E-state index in [1.165, 1.54) is 0 Å². The third kappa shape index (κ3) is 4.24. The number of hydrogen-bond acceptors (Lipinski definition) is 5. The lowest BCUT2D eigenvalue weighted by atomic mass is 10.0. The van der Waals surface area contributed by atoms with Crippen molar-refractivity contribution >= 4 is 29.2 Å². The van der Waals surface area contributed by atoms with Gasteiger partial charge in [-0.15, -0.1) is 0 Å². The number of benzene rings is 1. The summed E-state index contributed by atoms with van der Waals surface area (Å²) in [6.07, 6.45) is 2.14. The van der Waals surface area contributed by atoms with Gasteiger partial charge in [0.25, 0.3) is 11.8 Å². The Bertz CT molecular complexity index is 1110. The normalized spacial score (nSPS) is 13.5. The van der Waals surface area contributed by atoms with E-state index in [0.717, 1.165) is 5.56 Å². The number of hydrogen-bond donors (Lipinski definition) is 4. The van der Waals surface area contributed by atoms with E-state index >= 15 is 0 Å². The van der Waals surface area contributed by atoms with Gasteiger partial charge in [0.1, 0.15) is 0 Å². The standard InChI is InChI=1S/C22H22N6O2/c1-13-19(11-17-16-10-15(12-24)4-5-18(16)28-21(17)29)27-14(2)20(13)22(30)26-9-8-25-7-3-6-23/h4-5,10-11,25,27H,3,7-9H2,1-2H3,(H,26,30)(H,28,29). The molecule has 0 saturated carbocycles. The highest BCUT2D eigenvalue weighted by Crippen LogP contribution is 2.34. The van der Waals surface area contributed by atoms with E-state index in [1.54, 1.807) is 24.3 Å². The molecule has 0 bridgehead atoms. The average Bonchev–Trinajstić information content (AvgIpc) is 3.19. The zero-order valence-electron chi connectivity index (χ0n) is 16.8. The Kier molecular flexibility index (Phi) is 6.31. The third-order valence-corrected chi connectivity index (χ3v) is 4.92. The van der Waals surface area contributed by atoms with Gasteiger partial charge in [-0.05, 0) is 43.7 Å². The van der Waals surface area contributed by atoms with Crippen LogP contribution in [0.4, 0.5) is 5.69 Å². The van der Waals surface area contributed by atoms with Gasteiger partial charge in [0.15, 0.2) is 0 Å². The van der Waals surface area contributed by atoms with Crippen LogP contribution in [-0.4, -0.2) is 36.4 Å². The van der Waals surface area contributed by atoms with Crippen LogP contribution in [0.2, 0.25) is 0 Å². The van der Waals surface area contributed by atoms with Crippen LogP contribution in [0.25, 0.3) is 11.6 Å². The summed E-state index contributed by atoms with van der Waals surface area (Å²) < 4.78 is 0. The van der Waals surface area contributed by atoms with Crippen LogP contribution in [-0.2, 0) is 4.79 Å². The minimum absolute atomic E-state index is 0.198. The second kappa shape index (κ2) is 9.08. The number of nitriles is 2. The van der Waals surface area contributed by atoms with Gasteiger partial charge in [-0.2, -0.15) is 10.5 Å². The smallest absolute Gasteiger partial charge is 0.256 e. The monoisotopic (exact) mass is 402 g/mol. The molecular formula is C22H22N6O2. The quantitative estimate of drug-likeness (QED) is 0.416. The fourth-order valence-corrected chi connectivity index (χ4v) is 3.43. The minimum atomic E-state index is -0.249. The Hall–Kier alpha value is -3.88. The molecule has 1 aliphatic rings. The van der Waals surface area contributed by atoms with Gasteiger partial charge < -0.3 is 20.9 Å². The molecule has 0 aliphatic carbocycles. The molecule has 1 aliphatic heterocycles. The molecule has 0 fully saturated rings. The maximum absolute atomic E-state index is 12.6. The van der Waals surface area contributed by atoms with Crippen molar-refractivity contribution in [2.75, 3.05) is 25.0 Å². The van der Waals surface area contributed by atoms with E-state index < -0.39 is 0 Å². The van der Waals surface area contributed by atoms with Crippen molar-refractivity contribution < 1.29 is 9.59 Å². The van der Waals surface area contributed by atoms with Crippen molar-refractivity contribution in [2.24, 2.45) is 0 Å². The van der Waals surface area contributed by atoms with E-state index in [1.807, 2.05) is 13.8 Å². The third-order valence-electron chi connectivity index (χ3n) is 4.92. The van der Waals surface area contributed by atoms with Gasteiger partial charge in [0.2, 0.25) is 0 Å². The molecule has 0 atom stereocenters. The largest absolute Gasteiger partial charge is 0.358 e. The number of aromatic nitrogens is 1. The molecule has 0 spiro atoms. The number of carbonyl (C=O) groups excluding carboxylic acids is 2. The van der Waals surface area contributed by atoms with Gasteiger partial charge >= 0.3 is 0 Å². The number of aryl methyl sites for hydroxylation is 1. The number of anilines is 1. The summed E-state index contributed by atoms with van der Waals surface area (Å²) in [5, 5.41) is 26.4. The molecule has 8 nitrogen and oxygen atoms in total. The molecule has 0 saturated heterocycles. The maximum Gasteiger partial charge on any atom is 0.256 e. The molecule has 0 unspecified atom stereocenters. The van der Waals surface area contributed by atoms with Crippen LogP contribution < -0.4 is 16.0 Å². The number of rotatable bonds is 7. The van der Waals surface area contributed by atoms with Gasteiger partial charge in [0, 0.05) is 48.7 Å². The minimum Gasteiger partial charge on any atom is -0.358 e. The van der Waals surface area contributed by atoms with Crippen LogP contribution in [0.15, 0.2) is 18.2 Å². The fourth-order valence-electron chi connectivity index (χ4n) is 3.43. The van der Waals surface area contributed by atoms with Gasteiger partial charge in [-0.25, -0.2) is 0 Å². The first kappa shape index (κ1) is 20.8. The van der Waals surface area contributed by atoms with Gasteiger partial charge in [0.05, 0.1) is 28.8 Å². The zero-order chi connectivity index (χ0) is 21.7. The Labute approximate surface area is 174 Å². The molecule has 0 radical (unpaired) electrons. The summed E-state index contributed by atoms with van der Waals surface area (Å²) >= 11 is 0. The highest BCUT2D eigenvalue weighted by molar-refractivity contribution is 6.35. The van der Waals surface area contributed by atoms with Crippen LogP contribution >= 0.6 is 0 Å². The Morgan fingerprint density at radius 1 is 1.20 bits per heavy atom. The Balaban J connectivity index is 1.80. The highest BCUT2D eigenvalue weighted by atomic mass is 16.2. The van der Waals surface area contributed by atoms with Crippen molar-refractivity contribution in [2.45, 2.75) is 20.3 Å². The summed E-state index contributed by atoms with van der Waals surface area (Å²) in [4.78, 5) is 28.2. The van der Waals surface area contributed by atoms with Crippen LogP contribution in [0.3, 0.4) is 0 Å². The second-order valence-corrected chi connectivity index (χ2v) is 6.96. The van der Waals surface area contributed by atoms with E-state index in [-0.39, 0.29) is 11.8 Å². The maximum atomic E-state index is 12.6. The molecule has 1 aromatic carbocycles. The second-order valence-electron chi connectivity index (χ2n) is 6.96. The Morgan fingerprint density at radius 3 is 2.73 bits per heavy atom. The highest BCUT2D eigenvalue weighted by Gasteiger charge is 2.26. The van der Waals surface area contributed by atoms with Gasteiger partial charge in [-0.3, -0.25) is 9.59 Å². The first-order chi connectivity index (χ1) is 14.5. The molecule has 4 N–H and O–H groups in total. The molecule has 2 heterocycles. The number of aromatic amines is 1. The average molecular weight is 402 g/mol. The van der Waals surface area contributed by atoms with Crippen LogP contribution in [0.5, 0.6) is 0 Å². The lowest BCUT2D eigenvalue weighted by molar-refractivity contribution is -0.110. The molecule has 30 heavy (non-hydrogen) atoms. The summed E-state index contributed by atoms with van der Waals surface area (Å²) in [5.41, 5.74) is 4.91. The molecule has 152 valence electrons. The SMILES string of the molecule is Cc1[nH]c(C=C2C(=O)Nc3ccc(C#N)cc32)c(C)c1C(=O)NCCNCCC#N. The number of amides is 2. The fraction of sp³-hybridized carbons (Fsp3) is 0.273. The van der Waals surface area contributed by atoms with Crippen molar-refractivity contribution in [1.82, 2.24) is 15.6 Å². The van der Waals surface area contributed by atoms with Crippen molar-refractivity contribution in [1.29, 1.82) is 10.5 Å². The number of nitrogens with one attached hydrogen (secondary N) is 4. The molecule has 8 heteroatoms. The van der Waals surface area contributed by atoms with Crippen molar-refractivity contribution in [3.05, 3.63) is 51.8 Å². The van der Waals surface area contributed by atoms with E-state index in [2.05, 4.69) is 33.1 Å². The predicted molar refractivity (Wildman–Crippen MR) is 113 cm³/mol. The van der Waals surface area contributed by atoms with Crippen LogP contribution in [0, 0.1) is 36.5 Å². The van der Waals surface area contributed by atoms with E-state index in [4.69, 9.17) is 10.5 Å². The topological polar surface area (TPSA) is 134 Å². The lowest BCUT2D eigenvalue weighted by Crippen LogP contribution is -2.32. The zero-order valence-corrected chi connectivity index (χ0v) is 16.8. The predicted octanol–water partition coefficient (Wildman–Crippen LogP) is 2.23. The summed E-state index contributed by atoms with van der Waals surface area (Å²) in [5.74, 6) is -0.447. The number of nitrogens with zero attached hydrogens (tertiary/aromatic N) is 2. The van der Waals surface area contributed by atoms with E-state index in [9.17, 15) is 9.59 Å². The number of carbonyl (C=O) groups is 2. The number of H-pyrrole nitrogens is 1. The number of fused-ring (bicyclic) bond motifs is 1. The molecular weight excluding hydrogens is 380 g/mol. The summed E-state index contributed by atoms with van der Waals surface area (Å²) in [6, 6.07) is 9.18. The first-order valence-electron chi connectivity index (χ1n) is 9.59. The molecule has 1 aromatic heterocycles. The molecule has 2 aromatic rings. The van der Waals surface area contributed by atoms with Gasteiger partial charge in [-0.1, -0.05) is 0 Å².